The number of aromatic nitrogens is 11. The fraction of sp³-hybridized carbons (Fsp3) is 0.273. The summed E-state index contributed by atoms with van der Waals surface area (Å²) in [6.45, 7) is 5.54. The molecule has 0 amide bonds. The van der Waals surface area contributed by atoms with Crippen LogP contribution in [0, 0.1) is 0 Å². The highest BCUT2D eigenvalue weighted by molar-refractivity contribution is 9.10. The molecule has 17 nitrogen and oxygen atoms in total. The van der Waals surface area contributed by atoms with Gasteiger partial charge in [-0.25, -0.2) is 14.0 Å². The molecule has 4 aromatic carbocycles. The summed E-state index contributed by atoms with van der Waals surface area (Å²) in [6, 6.07) is 32.1. The molecule has 4 atom stereocenters. The first-order chi connectivity index (χ1) is 37.8. The van der Waals surface area contributed by atoms with E-state index in [1.165, 1.54) is 107 Å². The van der Waals surface area contributed by atoms with Gasteiger partial charge in [0.15, 0.2) is 11.2 Å². The summed E-state index contributed by atoms with van der Waals surface area (Å²) in [5.41, 5.74) is -2.76. The molecule has 3 N–H and O–H groups in total. The van der Waals surface area contributed by atoms with Crippen LogP contribution in [0.3, 0.4) is 0 Å². The number of alkyl halides is 4. The third kappa shape index (κ3) is 11.9. The minimum absolute atomic E-state index is 0.0629. The molecule has 10 rings (SSSR count). The molecular formula is C55H52BrCl2F4N13O4. The normalized spacial score (nSPS) is 15.4. The number of aliphatic hydroxyl groups excluding tert-OH is 1. The molecule has 1 aliphatic heterocycles. The summed E-state index contributed by atoms with van der Waals surface area (Å²) < 4.78 is 66.5. The zero-order chi connectivity index (χ0) is 56.1. The molecule has 5 aromatic heterocycles. The van der Waals surface area contributed by atoms with Crippen LogP contribution in [-0.4, -0.2) is 102 Å². The van der Waals surface area contributed by atoms with Crippen LogP contribution in [-0.2, 0) is 36.1 Å². The molecule has 79 heavy (non-hydrogen) atoms. The van der Waals surface area contributed by atoms with Crippen molar-refractivity contribution >= 4 is 50.5 Å². The lowest BCUT2D eigenvalue weighted by molar-refractivity contribution is -0.207. The Bertz CT molecular complexity index is 3500. The average Bonchev–Trinajstić information content (AvgIpc) is 4.34. The summed E-state index contributed by atoms with van der Waals surface area (Å²) >= 11 is 15.2. The molecule has 24 heteroatoms. The molecule has 0 aliphatic carbocycles. The molecule has 6 heterocycles. The third-order valence-corrected chi connectivity index (χ3v) is 14.7. The predicted octanol–water partition coefficient (Wildman–Crippen LogP) is 9.45. The third-order valence-electron chi connectivity index (χ3n) is 13.8. The van der Waals surface area contributed by atoms with Crippen LogP contribution in [0.5, 0.6) is 0 Å². The highest BCUT2D eigenvalue weighted by Gasteiger charge is 2.58. The van der Waals surface area contributed by atoms with Crippen molar-refractivity contribution in [3.8, 4) is 16.8 Å². The summed E-state index contributed by atoms with van der Waals surface area (Å²) in [5.74, 6) is -7.56. The van der Waals surface area contributed by atoms with E-state index in [0.29, 0.717) is 22.1 Å². The fourth-order valence-corrected chi connectivity index (χ4v) is 10.00. The number of anilines is 2. The summed E-state index contributed by atoms with van der Waals surface area (Å²) in [4.78, 5) is 27.5. The van der Waals surface area contributed by atoms with E-state index in [2.05, 4.69) is 61.2 Å². The molecule has 2 unspecified atom stereocenters. The lowest BCUT2D eigenvalue weighted by Crippen LogP contribution is -2.47. The van der Waals surface area contributed by atoms with Crippen molar-refractivity contribution in [2.45, 2.75) is 68.6 Å². The first-order valence-electron chi connectivity index (χ1n) is 24.9. The van der Waals surface area contributed by atoms with Gasteiger partial charge in [0.1, 0.15) is 30.8 Å². The zero-order valence-corrected chi connectivity index (χ0v) is 45.5. The second kappa shape index (κ2) is 23.6. The Labute approximate surface area is 469 Å². The molecule has 1 aliphatic rings. The number of halogens is 7. The number of hydrogen-bond donors (Lipinski definition) is 3. The van der Waals surface area contributed by atoms with Gasteiger partial charge in [0.25, 0.3) is 0 Å². The van der Waals surface area contributed by atoms with Gasteiger partial charge in [-0.3, -0.25) is 9.97 Å². The lowest BCUT2D eigenvalue weighted by atomic mass is 9.85. The fourth-order valence-electron chi connectivity index (χ4n) is 9.38. The molecule has 1 saturated heterocycles. The Morgan fingerprint density at radius 3 is 1.47 bits per heavy atom. The second-order valence-electron chi connectivity index (χ2n) is 18.8. The van der Waals surface area contributed by atoms with Crippen LogP contribution in [0.1, 0.15) is 48.8 Å². The Morgan fingerprint density at radius 2 is 1.05 bits per heavy atom. The minimum atomic E-state index is -3.83. The van der Waals surface area contributed by atoms with E-state index in [1.54, 1.807) is 19.1 Å². The van der Waals surface area contributed by atoms with Crippen molar-refractivity contribution in [1.29, 1.82) is 0 Å². The monoisotopic (exact) mass is 1180 g/mol. The van der Waals surface area contributed by atoms with E-state index in [0.717, 1.165) is 58.8 Å². The van der Waals surface area contributed by atoms with E-state index in [4.69, 9.17) is 23.2 Å². The van der Waals surface area contributed by atoms with Crippen molar-refractivity contribution in [1.82, 2.24) is 54.3 Å². The Balaban J connectivity index is 0.000000252. The van der Waals surface area contributed by atoms with Crippen molar-refractivity contribution in [3.05, 3.63) is 212 Å². The van der Waals surface area contributed by atoms with Crippen LogP contribution in [0.25, 0.3) is 16.8 Å². The number of piperazine rings is 1. The SMILES string of the molecule is CC[C@@H]([C@H](C)O)n1ncn(-c2ccc(N3CCN(c4ccc(-c5ccc(C(F)(F)C(O)(Cn6nccn6)c6cccc(Cl)c6)nc5)cc4)CC3)cc2)c1=O.OC(Cn1nccn1)(c1cccc(Cl)c1)C(F)(F)c1ccc(Br)cn1. The molecule has 410 valence electrons. The van der Waals surface area contributed by atoms with E-state index in [9.17, 15) is 20.1 Å². The predicted molar refractivity (Wildman–Crippen MR) is 293 cm³/mol. The average molecular weight is 1190 g/mol. The Morgan fingerprint density at radius 1 is 0.608 bits per heavy atom. The van der Waals surface area contributed by atoms with Crippen molar-refractivity contribution < 1.29 is 32.9 Å². The second-order valence-corrected chi connectivity index (χ2v) is 20.6. The first-order valence-corrected chi connectivity index (χ1v) is 26.4. The molecule has 9 aromatic rings. The number of rotatable bonds is 17. The summed E-state index contributed by atoms with van der Waals surface area (Å²) in [5, 5.41) is 52.9. The maximum Gasteiger partial charge on any atom is 0.350 e. The van der Waals surface area contributed by atoms with E-state index in [-0.39, 0.29) is 32.9 Å². The molecule has 0 radical (unpaired) electrons. The van der Waals surface area contributed by atoms with Crippen molar-refractivity contribution in [2.75, 3.05) is 36.0 Å². The largest absolute Gasteiger partial charge is 0.391 e. The van der Waals surface area contributed by atoms with Crippen molar-refractivity contribution in [2.24, 2.45) is 0 Å². The zero-order valence-electron chi connectivity index (χ0n) is 42.4. The maximum absolute atomic E-state index is 16.2. The number of hydrogen-bond acceptors (Lipinski definition) is 13. The van der Waals surface area contributed by atoms with Crippen LogP contribution in [0.2, 0.25) is 10.0 Å². The molecular weight excluding hydrogens is 1130 g/mol. The lowest BCUT2D eigenvalue weighted by Gasteiger charge is -2.37. The van der Waals surface area contributed by atoms with E-state index >= 15 is 17.6 Å². The smallest absolute Gasteiger partial charge is 0.350 e. The van der Waals surface area contributed by atoms with Crippen LogP contribution in [0.15, 0.2) is 174 Å². The van der Waals surface area contributed by atoms with Gasteiger partial charge in [0.2, 0.25) is 0 Å². The number of pyridine rings is 2. The van der Waals surface area contributed by atoms with Crippen LogP contribution in [0.4, 0.5) is 28.9 Å². The number of aliphatic hydroxyl groups is 3. The van der Waals surface area contributed by atoms with Gasteiger partial charge < -0.3 is 25.1 Å². The van der Waals surface area contributed by atoms with E-state index < -0.39 is 53.6 Å². The minimum Gasteiger partial charge on any atom is -0.391 e. The Kier molecular flexibility index (Phi) is 16.8. The number of benzene rings is 4. The van der Waals surface area contributed by atoms with Gasteiger partial charge in [-0.2, -0.15) is 52.6 Å². The van der Waals surface area contributed by atoms with Crippen LogP contribution >= 0.6 is 39.1 Å². The van der Waals surface area contributed by atoms with Gasteiger partial charge in [0, 0.05) is 70.0 Å². The Hall–Kier alpha value is -7.34. The van der Waals surface area contributed by atoms with Gasteiger partial charge >= 0.3 is 17.5 Å². The molecule has 1 fully saturated rings. The van der Waals surface area contributed by atoms with Gasteiger partial charge in [0.05, 0.1) is 42.6 Å². The molecule has 0 saturated carbocycles. The standard InChI is InChI=1S/C39H40ClF2N9O3.C16H12BrClF2N4O/c1-3-35(27(2)52)51-37(53)49(26-46-51)34-14-12-33(13-15-34)48-21-19-47(20-22-48)32-10-7-28(8-11-32)29-9-16-36(43-24-29)39(41,42)38(54,25-50-44-17-18-45-50)30-5-4-6-31(40)23-30;17-12-4-5-14(21-9-12)16(19,20)15(25,10-24-22-6-7-23-24)11-2-1-3-13(18)8-11/h4-18,23-24,26-27,35,52,54H,3,19-22,25H2,1-2H3;1-9,25H,10H2/t27-,35-,38?;/m0./s1. The first kappa shape index (κ1) is 56.4. The van der Waals surface area contributed by atoms with Crippen LogP contribution < -0.4 is 15.5 Å². The van der Waals surface area contributed by atoms with Crippen molar-refractivity contribution in [3.63, 3.8) is 0 Å². The molecule has 0 bridgehead atoms. The molecule has 0 spiro atoms. The van der Waals surface area contributed by atoms with E-state index in [1.807, 2.05) is 55.5 Å². The van der Waals surface area contributed by atoms with Gasteiger partial charge in [-0.05, 0) is 125 Å². The maximum atomic E-state index is 16.2. The summed E-state index contributed by atoms with van der Waals surface area (Å²) in [7, 11) is 0. The highest BCUT2D eigenvalue weighted by atomic mass is 79.9. The topological polar surface area (TPSA) is 194 Å². The summed E-state index contributed by atoms with van der Waals surface area (Å²) in [6.07, 6.45) is 9.40. The quantitative estimate of drug-likeness (QED) is 0.0731. The van der Waals surface area contributed by atoms with Gasteiger partial charge in [-0.1, -0.05) is 72.6 Å². The number of nitrogens with zero attached hydrogens (tertiary/aromatic N) is 13. The highest BCUT2D eigenvalue weighted by Crippen LogP contribution is 2.48. The van der Waals surface area contributed by atoms with Gasteiger partial charge in [-0.15, -0.1) is 0 Å².